The Morgan fingerprint density at radius 3 is 2.58 bits per heavy atom. The van der Waals surface area contributed by atoms with E-state index in [1.807, 2.05) is 37.3 Å². The molecule has 2 nitrogen and oxygen atoms in total. The van der Waals surface area contributed by atoms with Gasteiger partial charge in [-0.3, -0.25) is 5.84 Å². The summed E-state index contributed by atoms with van der Waals surface area (Å²) in [5.41, 5.74) is 7.29. The van der Waals surface area contributed by atoms with Crippen LogP contribution in [0.3, 0.4) is 0 Å². The molecule has 0 fully saturated rings. The van der Waals surface area contributed by atoms with Crippen LogP contribution in [-0.2, 0) is 0 Å². The lowest BCUT2D eigenvalue weighted by atomic mass is 9.95. The molecule has 0 amide bonds. The van der Waals surface area contributed by atoms with E-state index in [4.69, 9.17) is 17.4 Å². The average Bonchev–Trinajstić information content (AvgIpc) is 2.39. The summed E-state index contributed by atoms with van der Waals surface area (Å²) in [5.74, 6) is 5.74. The number of hydrogen-bond acceptors (Lipinski definition) is 2. The number of nitrogens with two attached hydrogens (primary N) is 1. The average molecular weight is 340 g/mol. The summed E-state index contributed by atoms with van der Waals surface area (Å²) in [7, 11) is 0. The van der Waals surface area contributed by atoms with E-state index in [0.29, 0.717) is 0 Å². The summed E-state index contributed by atoms with van der Waals surface area (Å²) < 4.78 is 1.07. The third-order valence-corrected chi connectivity index (χ3v) is 4.58. The van der Waals surface area contributed by atoms with Gasteiger partial charge in [-0.2, -0.15) is 0 Å². The molecule has 0 saturated carbocycles. The van der Waals surface area contributed by atoms with E-state index in [1.54, 1.807) is 0 Å². The fraction of sp³-hybridized carbons (Fsp3) is 0.200. The standard InChI is InChI=1S/C15H16BrClN2/c1-9-6-7-11(8-14(9)17)15(19-18)12-4-3-5-13(16)10(12)2/h3-8,15,19H,18H2,1-2H3. The highest BCUT2D eigenvalue weighted by molar-refractivity contribution is 9.10. The molecule has 2 aromatic carbocycles. The second-order valence-electron chi connectivity index (χ2n) is 4.56. The Morgan fingerprint density at radius 1 is 1.21 bits per heavy atom. The van der Waals surface area contributed by atoms with Crippen molar-refractivity contribution in [2.45, 2.75) is 19.9 Å². The van der Waals surface area contributed by atoms with Gasteiger partial charge in [-0.25, -0.2) is 5.43 Å². The predicted octanol–water partition coefficient (Wildman–Crippen LogP) is 4.27. The molecule has 0 aliphatic heterocycles. The van der Waals surface area contributed by atoms with E-state index in [9.17, 15) is 0 Å². The summed E-state index contributed by atoms with van der Waals surface area (Å²) in [6.45, 7) is 4.06. The maximum atomic E-state index is 6.20. The Balaban J connectivity index is 2.50. The molecule has 0 aromatic heterocycles. The van der Waals surface area contributed by atoms with E-state index in [-0.39, 0.29) is 6.04 Å². The highest BCUT2D eigenvalue weighted by atomic mass is 79.9. The molecule has 0 aliphatic rings. The third kappa shape index (κ3) is 3.00. The SMILES string of the molecule is Cc1ccc(C(NN)c2cccc(Br)c2C)cc1Cl. The molecule has 2 rings (SSSR count). The molecule has 0 radical (unpaired) electrons. The first-order chi connectivity index (χ1) is 9.04. The first-order valence-electron chi connectivity index (χ1n) is 6.01. The van der Waals surface area contributed by atoms with Crippen LogP contribution < -0.4 is 11.3 Å². The molecule has 1 unspecified atom stereocenters. The smallest absolute Gasteiger partial charge is 0.0713 e. The highest BCUT2D eigenvalue weighted by Crippen LogP contribution is 2.30. The van der Waals surface area contributed by atoms with Gasteiger partial charge in [-0.05, 0) is 48.2 Å². The molecule has 19 heavy (non-hydrogen) atoms. The first kappa shape index (κ1) is 14.5. The largest absolute Gasteiger partial charge is 0.271 e. The van der Waals surface area contributed by atoms with Crippen molar-refractivity contribution in [1.82, 2.24) is 5.43 Å². The van der Waals surface area contributed by atoms with Gasteiger partial charge in [0.25, 0.3) is 0 Å². The van der Waals surface area contributed by atoms with E-state index in [0.717, 1.165) is 26.2 Å². The van der Waals surface area contributed by atoms with Crippen LogP contribution in [0.4, 0.5) is 0 Å². The predicted molar refractivity (Wildman–Crippen MR) is 84.2 cm³/mol. The minimum absolute atomic E-state index is 0.0735. The molecule has 0 aliphatic carbocycles. The summed E-state index contributed by atoms with van der Waals surface area (Å²) in [6, 6.07) is 12.0. The number of hydrazine groups is 1. The Morgan fingerprint density at radius 2 is 1.95 bits per heavy atom. The normalized spacial score (nSPS) is 12.5. The third-order valence-electron chi connectivity index (χ3n) is 3.32. The Labute approximate surface area is 127 Å². The number of hydrogen-bond donors (Lipinski definition) is 2. The molecule has 0 bridgehead atoms. The van der Waals surface area contributed by atoms with Crippen LogP contribution in [0.15, 0.2) is 40.9 Å². The van der Waals surface area contributed by atoms with Gasteiger partial charge in [0.2, 0.25) is 0 Å². The topological polar surface area (TPSA) is 38.0 Å². The summed E-state index contributed by atoms with van der Waals surface area (Å²) in [4.78, 5) is 0. The van der Waals surface area contributed by atoms with Crippen LogP contribution in [0, 0.1) is 13.8 Å². The van der Waals surface area contributed by atoms with Gasteiger partial charge in [0.1, 0.15) is 0 Å². The van der Waals surface area contributed by atoms with Crippen LogP contribution in [0.5, 0.6) is 0 Å². The Hall–Kier alpha value is -0.870. The van der Waals surface area contributed by atoms with Crippen LogP contribution in [0.2, 0.25) is 5.02 Å². The van der Waals surface area contributed by atoms with Gasteiger partial charge in [-0.15, -0.1) is 0 Å². The molecular formula is C15H16BrClN2. The minimum Gasteiger partial charge on any atom is -0.271 e. The molecular weight excluding hydrogens is 324 g/mol. The van der Waals surface area contributed by atoms with Crippen molar-refractivity contribution < 1.29 is 0 Å². The second-order valence-corrected chi connectivity index (χ2v) is 5.82. The molecule has 1 atom stereocenters. The summed E-state index contributed by atoms with van der Waals surface area (Å²) in [5, 5.41) is 0.755. The van der Waals surface area contributed by atoms with Crippen molar-refractivity contribution in [3.8, 4) is 0 Å². The van der Waals surface area contributed by atoms with Crippen LogP contribution in [0.1, 0.15) is 28.3 Å². The van der Waals surface area contributed by atoms with Crippen LogP contribution in [0.25, 0.3) is 0 Å². The summed E-state index contributed by atoms with van der Waals surface area (Å²) >= 11 is 9.74. The van der Waals surface area contributed by atoms with Gasteiger partial charge in [0.05, 0.1) is 6.04 Å². The molecule has 100 valence electrons. The van der Waals surface area contributed by atoms with Gasteiger partial charge in [-0.1, -0.05) is 51.8 Å². The lowest BCUT2D eigenvalue weighted by Gasteiger charge is -2.20. The van der Waals surface area contributed by atoms with Crippen molar-refractivity contribution in [3.63, 3.8) is 0 Å². The zero-order valence-corrected chi connectivity index (χ0v) is 13.2. The van der Waals surface area contributed by atoms with E-state index in [1.165, 1.54) is 5.56 Å². The molecule has 0 heterocycles. The number of aryl methyl sites for hydroxylation is 1. The van der Waals surface area contributed by atoms with Gasteiger partial charge >= 0.3 is 0 Å². The molecule has 0 saturated heterocycles. The zero-order chi connectivity index (χ0) is 14.0. The van der Waals surface area contributed by atoms with Crippen molar-refractivity contribution in [1.29, 1.82) is 0 Å². The lowest BCUT2D eigenvalue weighted by molar-refractivity contribution is 0.633. The fourth-order valence-electron chi connectivity index (χ4n) is 2.09. The van der Waals surface area contributed by atoms with Crippen molar-refractivity contribution in [3.05, 3.63) is 68.1 Å². The van der Waals surface area contributed by atoms with Gasteiger partial charge < -0.3 is 0 Å². The second kappa shape index (κ2) is 6.06. The zero-order valence-electron chi connectivity index (χ0n) is 10.9. The van der Waals surface area contributed by atoms with Gasteiger partial charge in [0.15, 0.2) is 0 Å². The van der Waals surface area contributed by atoms with Crippen LogP contribution >= 0.6 is 27.5 Å². The van der Waals surface area contributed by atoms with Crippen LogP contribution in [-0.4, -0.2) is 0 Å². The monoisotopic (exact) mass is 338 g/mol. The highest BCUT2D eigenvalue weighted by Gasteiger charge is 2.16. The number of rotatable bonds is 3. The van der Waals surface area contributed by atoms with Crippen molar-refractivity contribution in [2.75, 3.05) is 0 Å². The van der Waals surface area contributed by atoms with Crippen molar-refractivity contribution >= 4 is 27.5 Å². The number of benzene rings is 2. The molecule has 2 aromatic rings. The van der Waals surface area contributed by atoms with E-state index >= 15 is 0 Å². The maximum Gasteiger partial charge on any atom is 0.0713 e. The number of nitrogens with one attached hydrogen (secondary N) is 1. The van der Waals surface area contributed by atoms with E-state index < -0.39 is 0 Å². The molecule has 0 spiro atoms. The fourth-order valence-corrected chi connectivity index (χ4v) is 2.66. The quantitative estimate of drug-likeness (QED) is 0.647. The Bertz CT molecular complexity index is 599. The molecule has 4 heteroatoms. The first-order valence-corrected chi connectivity index (χ1v) is 7.19. The van der Waals surface area contributed by atoms with Crippen molar-refractivity contribution in [2.24, 2.45) is 5.84 Å². The molecule has 3 N–H and O–H groups in total. The van der Waals surface area contributed by atoms with Gasteiger partial charge in [0, 0.05) is 9.50 Å². The number of halogens is 2. The maximum absolute atomic E-state index is 6.20. The Kier molecular flexibility index (Phi) is 4.63. The minimum atomic E-state index is -0.0735. The van der Waals surface area contributed by atoms with E-state index in [2.05, 4.69) is 34.3 Å². The lowest BCUT2D eigenvalue weighted by Crippen LogP contribution is -2.29. The summed E-state index contributed by atoms with van der Waals surface area (Å²) in [6.07, 6.45) is 0.